The van der Waals surface area contributed by atoms with Gasteiger partial charge in [0.05, 0.1) is 5.52 Å². The fourth-order valence-corrected chi connectivity index (χ4v) is 1.01. The predicted octanol–water partition coefficient (Wildman–Crippen LogP) is 0.932. The molecular weight excluding hydrogens is 142 g/mol. The van der Waals surface area contributed by atoms with E-state index in [0.717, 1.165) is 0 Å². The van der Waals surface area contributed by atoms with Crippen LogP contribution in [0, 0.1) is 6.07 Å². The lowest BCUT2D eigenvalue weighted by Gasteiger charge is -1.86. The average Bonchev–Trinajstić information content (AvgIpc) is 2.30. The number of para-hydroxylation sites is 1. The molecule has 3 heteroatoms. The predicted molar refractivity (Wildman–Crippen MR) is 40.3 cm³/mol. The molecule has 1 aromatic carbocycles. The molecule has 0 aliphatic heterocycles. The van der Waals surface area contributed by atoms with Crippen molar-refractivity contribution >= 4 is 11.1 Å². The van der Waals surface area contributed by atoms with E-state index in [9.17, 15) is 4.79 Å². The second-order valence-electron chi connectivity index (χ2n) is 2.31. The molecule has 0 unspecified atom stereocenters. The molecule has 0 aliphatic carbocycles. The summed E-state index contributed by atoms with van der Waals surface area (Å²) in [6, 6.07) is 8.18. The van der Waals surface area contributed by atoms with Crippen molar-refractivity contribution in [3.8, 4) is 0 Å². The zero-order chi connectivity index (χ0) is 7.84. The molecule has 0 N–H and O–H groups in total. The summed E-state index contributed by atoms with van der Waals surface area (Å²) in [6.45, 7) is 0. The molecule has 0 saturated carbocycles. The molecule has 0 fully saturated rings. The standard InChI is InChI=1S/C8H6NO2/c1-9-6-4-2-3-5-7(6)11-8(9)10/h2-3,5H,1H3. The van der Waals surface area contributed by atoms with Crippen LogP contribution in [0.25, 0.3) is 11.1 Å². The second-order valence-corrected chi connectivity index (χ2v) is 2.31. The number of benzene rings is 1. The largest absolute Gasteiger partial charge is 0.419 e. The van der Waals surface area contributed by atoms with Gasteiger partial charge < -0.3 is 4.42 Å². The van der Waals surface area contributed by atoms with Gasteiger partial charge in [-0.3, -0.25) is 4.57 Å². The number of aromatic nitrogens is 1. The van der Waals surface area contributed by atoms with Crippen LogP contribution < -0.4 is 5.76 Å². The topological polar surface area (TPSA) is 35.1 Å². The van der Waals surface area contributed by atoms with Crippen molar-refractivity contribution in [3.05, 3.63) is 34.8 Å². The summed E-state index contributed by atoms with van der Waals surface area (Å²) in [6.07, 6.45) is 0. The van der Waals surface area contributed by atoms with E-state index in [4.69, 9.17) is 4.42 Å². The zero-order valence-corrected chi connectivity index (χ0v) is 6.00. The number of aryl methyl sites for hydroxylation is 1. The number of nitrogens with zero attached hydrogens (tertiary/aromatic N) is 1. The van der Waals surface area contributed by atoms with E-state index in [0.29, 0.717) is 11.1 Å². The molecular formula is C8H6NO2. The van der Waals surface area contributed by atoms with E-state index >= 15 is 0 Å². The van der Waals surface area contributed by atoms with Gasteiger partial charge in [-0.15, -0.1) is 0 Å². The third-order valence-corrected chi connectivity index (χ3v) is 1.60. The quantitative estimate of drug-likeness (QED) is 0.557. The highest BCUT2D eigenvalue weighted by molar-refractivity contribution is 5.71. The molecule has 1 heterocycles. The van der Waals surface area contributed by atoms with Crippen LogP contribution in [0.3, 0.4) is 0 Å². The monoisotopic (exact) mass is 148 g/mol. The number of fused-ring (bicyclic) bond motifs is 1. The SMILES string of the molecule is Cn1c(=O)oc2ccc[c]c21. The lowest BCUT2D eigenvalue weighted by molar-refractivity contribution is 0.528. The van der Waals surface area contributed by atoms with Crippen molar-refractivity contribution in [3.63, 3.8) is 0 Å². The molecule has 2 rings (SSSR count). The summed E-state index contributed by atoms with van der Waals surface area (Å²) in [5.74, 6) is -0.345. The Morgan fingerprint density at radius 1 is 1.64 bits per heavy atom. The molecule has 1 aromatic heterocycles. The van der Waals surface area contributed by atoms with Crippen LogP contribution in [0.2, 0.25) is 0 Å². The zero-order valence-electron chi connectivity index (χ0n) is 6.00. The van der Waals surface area contributed by atoms with Crippen molar-refractivity contribution < 1.29 is 4.42 Å². The molecule has 0 aliphatic rings. The van der Waals surface area contributed by atoms with E-state index in [-0.39, 0.29) is 5.76 Å². The number of oxazole rings is 1. The van der Waals surface area contributed by atoms with Gasteiger partial charge in [-0.05, 0) is 6.07 Å². The Labute approximate surface area is 62.9 Å². The van der Waals surface area contributed by atoms with Gasteiger partial charge in [0.2, 0.25) is 0 Å². The highest BCUT2D eigenvalue weighted by Crippen LogP contribution is 2.08. The molecule has 0 spiro atoms. The minimum atomic E-state index is -0.345. The molecule has 0 atom stereocenters. The molecule has 11 heavy (non-hydrogen) atoms. The Morgan fingerprint density at radius 3 is 3.18 bits per heavy atom. The van der Waals surface area contributed by atoms with Crippen LogP contribution in [-0.2, 0) is 7.05 Å². The molecule has 0 bridgehead atoms. The van der Waals surface area contributed by atoms with E-state index < -0.39 is 0 Å². The minimum absolute atomic E-state index is 0.345. The fourth-order valence-electron chi connectivity index (χ4n) is 1.01. The summed E-state index contributed by atoms with van der Waals surface area (Å²) < 4.78 is 6.30. The maximum atomic E-state index is 10.9. The van der Waals surface area contributed by atoms with Crippen molar-refractivity contribution in [2.45, 2.75) is 0 Å². The Kier molecular flexibility index (Phi) is 1.12. The highest BCUT2D eigenvalue weighted by Gasteiger charge is 2.02. The van der Waals surface area contributed by atoms with E-state index in [2.05, 4.69) is 6.07 Å². The lowest BCUT2D eigenvalue weighted by Crippen LogP contribution is -2.08. The van der Waals surface area contributed by atoms with Gasteiger partial charge in [-0.1, -0.05) is 12.1 Å². The first-order valence-electron chi connectivity index (χ1n) is 3.25. The smallest absolute Gasteiger partial charge is 0.408 e. The number of hydrogen-bond donors (Lipinski definition) is 0. The summed E-state index contributed by atoms with van der Waals surface area (Å²) in [4.78, 5) is 10.9. The van der Waals surface area contributed by atoms with Crippen molar-refractivity contribution in [2.24, 2.45) is 7.05 Å². The van der Waals surface area contributed by atoms with E-state index in [1.807, 2.05) is 0 Å². The summed E-state index contributed by atoms with van der Waals surface area (Å²) in [5.41, 5.74) is 1.29. The molecule has 55 valence electrons. The van der Waals surface area contributed by atoms with Crippen molar-refractivity contribution in [2.75, 3.05) is 0 Å². The molecule has 1 radical (unpaired) electrons. The van der Waals surface area contributed by atoms with Crippen molar-refractivity contribution in [1.29, 1.82) is 0 Å². The van der Waals surface area contributed by atoms with Gasteiger partial charge in [-0.2, -0.15) is 0 Å². The third-order valence-electron chi connectivity index (χ3n) is 1.60. The fraction of sp³-hybridized carbons (Fsp3) is 0.125. The summed E-state index contributed by atoms with van der Waals surface area (Å²) in [7, 11) is 1.66. The highest BCUT2D eigenvalue weighted by atomic mass is 16.4. The average molecular weight is 148 g/mol. The van der Waals surface area contributed by atoms with Crippen molar-refractivity contribution in [1.82, 2.24) is 4.57 Å². The maximum absolute atomic E-state index is 10.9. The van der Waals surface area contributed by atoms with Crippen LogP contribution in [0.1, 0.15) is 0 Å². The van der Waals surface area contributed by atoms with Crippen LogP contribution in [-0.4, -0.2) is 4.57 Å². The van der Waals surface area contributed by atoms with Gasteiger partial charge in [0.1, 0.15) is 0 Å². The Hall–Kier alpha value is -1.51. The van der Waals surface area contributed by atoms with Crippen LogP contribution >= 0.6 is 0 Å². The Balaban J connectivity index is 3.04. The summed E-state index contributed by atoms with van der Waals surface area (Å²) >= 11 is 0. The van der Waals surface area contributed by atoms with Gasteiger partial charge in [0.15, 0.2) is 5.58 Å². The first-order chi connectivity index (χ1) is 5.29. The van der Waals surface area contributed by atoms with Gasteiger partial charge in [0, 0.05) is 13.1 Å². The normalized spacial score (nSPS) is 10.6. The molecule has 3 nitrogen and oxygen atoms in total. The molecule has 2 aromatic rings. The lowest BCUT2D eigenvalue weighted by atomic mass is 10.3. The number of hydrogen-bond acceptors (Lipinski definition) is 2. The minimum Gasteiger partial charge on any atom is -0.408 e. The third kappa shape index (κ3) is 0.774. The van der Waals surface area contributed by atoms with Crippen LogP contribution in [0.5, 0.6) is 0 Å². The van der Waals surface area contributed by atoms with E-state index in [1.165, 1.54) is 4.57 Å². The molecule has 0 amide bonds. The van der Waals surface area contributed by atoms with Gasteiger partial charge in [-0.25, -0.2) is 4.79 Å². The van der Waals surface area contributed by atoms with Crippen LogP contribution in [0.4, 0.5) is 0 Å². The summed E-state index contributed by atoms with van der Waals surface area (Å²) in [5, 5.41) is 0. The molecule has 0 saturated heterocycles. The first-order valence-corrected chi connectivity index (χ1v) is 3.25. The maximum Gasteiger partial charge on any atom is 0.419 e. The van der Waals surface area contributed by atoms with Crippen LogP contribution in [0.15, 0.2) is 27.4 Å². The Morgan fingerprint density at radius 2 is 2.45 bits per heavy atom. The first kappa shape index (κ1) is 6.22. The second kappa shape index (κ2) is 1.99. The van der Waals surface area contributed by atoms with Gasteiger partial charge >= 0.3 is 5.76 Å². The van der Waals surface area contributed by atoms with Gasteiger partial charge in [0.25, 0.3) is 0 Å². The Bertz CT molecular complexity index is 439. The number of rotatable bonds is 0. The van der Waals surface area contributed by atoms with E-state index in [1.54, 1.807) is 25.2 Å².